The Morgan fingerprint density at radius 2 is 1.65 bits per heavy atom. The number of methoxy groups -OCH3 is 2. The van der Waals surface area contributed by atoms with Crippen LogP contribution in [0.4, 0.5) is 5.69 Å². The van der Waals surface area contributed by atoms with E-state index in [-0.39, 0.29) is 29.3 Å². The molecular formula is C26H26N2O8S. The Labute approximate surface area is 214 Å². The first-order chi connectivity index (χ1) is 17.6. The van der Waals surface area contributed by atoms with Crippen molar-refractivity contribution in [3.63, 3.8) is 0 Å². The smallest absolute Gasteiger partial charge is 0.308 e. The third kappa shape index (κ3) is 5.39. The molecule has 0 radical (unpaired) electrons. The van der Waals surface area contributed by atoms with Crippen molar-refractivity contribution in [1.29, 1.82) is 0 Å². The van der Waals surface area contributed by atoms with Crippen molar-refractivity contribution in [2.24, 2.45) is 0 Å². The van der Waals surface area contributed by atoms with Crippen molar-refractivity contribution < 1.29 is 37.0 Å². The number of carbonyl (C=O) groups is 3. The molecule has 1 aliphatic rings. The van der Waals surface area contributed by atoms with Gasteiger partial charge in [0.2, 0.25) is 15.9 Å². The standard InChI is InChI=1S/C26H26N2O8S/c1-17(29)36-21-11-9-20(10-12-21)28-24(30)15-23(26(28)31)27(16-25(34-2)35-3)37(32,33)22-13-8-18-6-4-5-7-19(18)14-22/h4-14,23,25H,15-16H2,1-3H3. The van der Waals surface area contributed by atoms with E-state index in [4.69, 9.17) is 14.2 Å². The Hall–Kier alpha value is -3.64. The van der Waals surface area contributed by atoms with Gasteiger partial charge in [-0.1, -0.05) is 30.3 Å². The van der Waals surface area contributed by atoms with Gasteiger partial charge in [0.25, 0.3) is 5.91 Å². The molecule has 0 saturated carbocycles. The fourth-order valence-corrected chi connectivity index (χ4v) is 5.79. The number of imide groups is 1. The molecule has 0 bridgehead atoms. The van der Waals surface area contributed by atoms with Gasteiger partial charge in [-0.05, 0) is 47.2 Å². The van der Waals surface area contributed by atoms with Gasteiger partial charge in [-0.25, -0.2) is 13.3 Å². The summed E-state index contributed by atoms with van der Waals surface area (Å²) in [5.74, 6) is -1.54. The zero-order valence-electron chi connectivity index (χ0n) is 20.5. The van der Waals surface area contributed by atoms with Crippen LogP contribution in [0.3, 0.4) is 0 Å². The molecule has 37 heavy (non-hydrogen) atoms. The number of sulfonamides is 1. The fraction of sp³-hybridized carbons (Fsp3) is 0.269. The summed E-state index contributed by atoms with van der Waals surface area (Å²) < 4.78 is 44.1. The molecule has 10 nitrogen and oxygen atoms in total. The maximum Gasteiger partial charge on any atom is 0.308 e. The molecule has 3 aromatic rings. The summed E-state index contributed by atoms with van der Waals surface area (Å²) in [5, 5.41) is 1.57. The van der Waals surface area contributed by atoms with Crippen molar-refractivity contribution >= 4 is 44.3 Å². The predicted octanol–water partition coefficient (Wildman–Crippen LogP) is 2.71. The second-order valence-corrected chi connectivity index (χ2v) is 10.3. The lowest BCUT2D eigenvalue weighted by atomic mass is 10.1. The van der Waals surface area contributed by atoms with Crippen molar-refractivity contribution in [2.45, 2.75) is 30.6 Å². The number of nitrogens with zero attached hydrogens (tertiary/aromatic N) is 2. The second-order valence-electron chi connectivity index (χ2n) is 8.36. The van der Waals surface area contributed by atoms with Gasteiger partial charge in [-0.15, -0.1) is 0 Å². The Morgan fingerprint density at radius 3 is 2.27 bits per heavy atom. The summed E-state index contributed by atoms with van der Waals surface area (Å²) in [6.45, 7) is 0.939. The average molecular weight is 527 g/mol. The van der Waals surface area contributed by atoms with Gasteiger partial charge in [-0.2, -0.15) is 4.31 Å². The third-order valence-electron chi connectivity index (χ3n) is 6.01. The van der Waals surface area contributed by atoms with Crippen LogP contribution in [-0.4, -0.2) is 63.6 Å². The topological polar surface area (TPSA) is 120 Å². The highest BCUT2D eigenvalue weighted by Gasteiger charge is 2.47. The summed E-state index contributed by atoms with van der Waals surface area (Å²) in [6, 6.07) is 16.4. The van der Waals surface area contributed by atoms with Crippen LogP contribution >= 0.6 is 0 Å². The lowest BCUT2D eigenvalue weighted by Gasteiger charge is -2.29. The SMILES string of the molecule is COC(CN(C1CC(=O)N(c2ccc(OC(C)=O)cc2)C1=O)S(=O)(=O)c1ccc2ccccc2c1)OC. The number of amides is 2. The Morgan fingerprint density at radius 1 is 1.00 bits per heavy atom. The fourth-order valence-electron chi connectivity index (χ4n) is 4.19. The molecule has 3 aromatic carbocycles. The minimum absolute atomic E-state index is 0.0263. The maximum atomic E-state index is 13.9. The molecule has 2 amide bonds. The molecule has 1 aliphatic heterocycles. The molecule has 0 aliphatic carbocycles. The minimum Gasteiger partial charge on any atom is -0.427 e. The van der Waals surface area contributed by atoms with Crippen LogP contribution in [0.2, 0.25) is 0 Å². The summed E-state index contributed by atoms with van der Waals surface area (Å²) in [7, 11) is -1.55. The first kappa shape index (κ1) is 26.4. The number of ether oxygens (including phenoxy) is 3. The van der Waals surface area contributed by atoms with Crippen LogP contribution < -0.4 is 9.64 Å². The highest BCUT2D eigenvalue weighted by Crippen LogP contribution is 2.31. The Kier molecular flexibility index (Phi) is 7.69. The molecule has 4 rings (SSSR count). The van der Waals surface area contributed by atoms with E-state index in [1.807, 2.05) is 12.1 Å². The highest BCUT2D eigenvalue weighted by atomic mass is 32.2. The molecule has 1 heterocycles. The Bertz CT molecular complexity index is 1430. The molecule has 1 unspecified atom stereocenters. The zero-order chi connectivity index (χ0) is 26.7. The molecule has 1 saturated heterocycles. The summed E-state index contributed by atoms with van der Waals surface area (Å²) >= 11 is 0. The third-order valence-corrected chi connectivity index (χ3v) is 7.88. The van der Waals surface area contributed by atoms with Crippen LogP contribution in [0.25, 0.3) is 10.8 Å². The van der Waals surface area contributed by atoms with Crippen LogP contribution in [0.5, 0.6) is 5.75 Å². The average Bonchev–Trinajstić information content (AvgIpc) is 3.17. The first-order valence-corrected chi connectivity index (χ1v) is 12.8. The maximum absolute atomic E-state index is 13.9. The zero-order valence-corrected chi connectivity index (χ0v) is 21.3. The number of hydrogen-bond acceptors (Lipinski definition) is 8. The van der Waals surface area contributed by atoms with Crippen LogP contribution in [-0.2, 0) is 33.9 Å². The molecular weight excluding hydrogens is 500 g/mol. The van der Waals surface area contributed by atoms with E-state index in [0.29, 0.717) is 5.39 Å². The van der Waals surface area contributed by atoms with E-state index >= 15 is 0 Å². The number of fused-ring (bicyclic) bond motifs is 1. The van der Waals surface area contributed by atoms with Crippen LogP contribution in [0, 0.1) is 0 Å². The molecule has 194 valence electrons. The van der Waals surface area contributed by atoms with Crippen molar-refractivity contribution in [1.82, 2.24) is 4.31 Å². The van der Waals surface area contributed by atoms with Crippen molar-refractivity contribution in [2.75, 3.05) is 25.7 Å². The highest BCUT2D eigenvalue weighted by molar-refractivity contribution is 7.89. The number of anilines is 1. The lowest BCUT2D eigenvalue weighted by molar-refractivity contribution is -0.132. The van der Waals surface area contributed by atoms with Gasteiger partial charge >= 0.3 is 5.97 Å². The number of benzene rings is 3. The van der Waals surface area contributed by atoms with E-state index in [1.54, 1.807) is 18.2 Å². The monoisotopic (exact) mass is 526 g/mol. The number of rotatable bonds is 9. The molecule has 11 heteroatoms. The molecule has 1 fully saturated rings. The van der Waals surface area contributed by atoms with Crippen LogP contribution in [0.1, 0.15) is 13.3 Å². The van der Waals surface area contributed by atoms with Gasteiger partial charge in [0.05, 0.1) is 23.5 Å². The second kappa shape index (κ2) is 10.8. The predicted molar refractivity (Wildman–Crippen MR) is 134 cm³/mol. The van der Waals surface area contributed by atoms with Gasteiger partial charge < -0.3 is 14.2 Å². The molecule has 1 atom stereocenters. The molecule has 0 spiro atoms. The summed E-state index contributed by atoms with van der Waals surface area (Å²) in [4.78, 5) is 38.5. The Balaban J connectivity index is 1.70. The van der Waals surface area contributed by atoms with Gasteiger partial charge in [0.15, 0.2) is 6.29 Å². The van der Waals surface area contributed by atoms with Gasteiger partial charge in [0.1, 0.15) is 11.8 Å². The lowest BCUT2D eigenvalue weighted by Crippen LogP contribution is -2.49. The van der Waals surface area contributed by atoms with Crippen molar-refractivity contribution in [3.05, 3.63) is 66.7 Å². The summed E-state index contributed by atoms with van der Waals surface area (Å²) in [6.07, 6.45) is -1.34. The van der Waals surface area contributed by atoms with E-state index < -0.39 is 40.1 Å². The number of esters is 1. The number of hydrogen-bond donors (Lipinski definition) is 0. The van der Waals surface area contributed by atoms with E-state index in [0.717, 1.165) is 14.6 Å². The first-order valence-electron chi connectivity index (χ1n) is 11.4. The van der Waals surface area contributed by atoms with Crippen molar-refractivity contribution in [3.8, 4) is 5.75 Å². The normalized spacial score (nSPS) is 16.2. The minimum atomic E-state index is -4.26. The molecule has 0 aromatic heterocycles. The molecule has 0 N–H and O–H groups in total. The van der Waals surface area contributed by atoms with Gasteiger partial charge in [0, 0.05) is 21.1 Å². The van der Waals surface area contributed by atoms with E-state index in [2.05, 4.69) is 0 Å². The largest absolute Gasteiger partial charge is 0.427 e. The quantitative estimate of drug-likeness (QED) is 0.181. The van der Waals surface area contributed by atoms with E-state index in [9.17, 15) is 22.8 Å². The summed E-state index contributed by atoms with van der Waals surface area (Å²) in [5.41, 5.74) is 0.228. The van der Waals surface area contributed by atoms with Crippen LogP contribution in [0.15, 0.2) is 71.6 Å². The van der Waals surface area contributed by atoms with E-state index in [1.165, 1.54) is 57.5 Å². The number of carbonyl (C=O) groups excluding carboxylic acids is 3. The van der Waals surface area contributed by atoms with Gasteiger partial charge in [-0.3, -0.25) is 14.4 Å².